The Labute approximate surface area is 135 Å². The highest BCUT2D eigenvalue weighted by Crippen LogP contribution is 2.21. The van der Waals surface area contributed by atoms with E-state index in [4.69, 9.17) is 11.6 Å². The highest BCUT2D eigenvalue weighted by atomic mass is 35.5. The largest absolute Gasteiger partial charge is 0.332 e. The van der Waals surface area contributed by atoms with Crippen LogP contribution < -0.4 is 4.72 Å². The molecule has 1 aliphatic rings. The molecule has 0 spiro atoms. The molecule has 0 radical (unpaired) electrons. The van der Waals surface area contributed by atoms with Crippen molar-refractivity contribution in [2.75, 3.05) is 0 Å². The molecule has 0 saturated heterocycles. The number of imidazole rings is 1. The van der Waals surface area contributed by atoms with Crippen molar-refractivity contribution in [3.63, 3.8) is 0 Å². The summed E-state index contributed by atoms with van der Waals surface area (Å²) in [5.74, 6) is 0.951. The van der Waals surface area contributed by atoms with Crippen LogP contribution >= 0.6 is 11.6 Å². The van der Waals surface area contributed by atoms with Gasteiger partial charge in [0.25, 0.3) is 0 Å². The molecular formula is C15H18ClN3O2S. The summed E-state index contributed by atoms with van der Waals surface area (Å²) in [7, 11) is -3.58. The number of hydrogen-bond donors (Lipinski definition) is 1. The smallest absolute Gasteiger partial charge is 0.240 e. The Morgan fingerprint density at radius 2 is 2.18 bits per heavy atom. The van der Waals surface area contributed by atoms with Gasteiger partial charge in [-0.15, -0.1) is 0 Å². The van der Waals surface area contributed by atoms with Gasteiger partial charge in [0.05, 0.1) is 17.1 Å². The summed E-state index contributed by atoms with van der Waals surface area (Å²) in [5.41, 5.74) is 1.97. The van der Waals surface area contributed by atoms with Gasteiger partial charge in [-0.1, -0.05) is 17.7 Å². The minimum Gasteiger partial charge on any atom is -0.332 e. The molecule has 0 aliphatic carbocycles. The molecule has 0 unspecified atom stereocenters. The van der Waals surface area contributed by atoms with Crippen LogP contribution in [0.4, 0.5) is 0 Å². The number of sulfonamides is 1. The van der Waals surface area contributed by atoms with Crippen molar-refractivity contribution in [1.29, 1.82) is 0 Å². The number of nitrogens with one attached hydrogen (secondary N) is 1. The van der Waals surface area contributed by atoms with Gasteiger partial charge in [0, 0.05) is 17.3 Å². The van der Waals surface area contributed by atoms with Crippen molar-refractivity contribution in [3.8, 4) is 0 Å². The van der Waals surface area contributed by atoms with E-state index >= 15 is 0 Å². The summed E-state index contributed by atoms with van der Waals surface area (Å²) < 4.78 is 29.5. The van der Waals surface area contributed by atoms with Crippen LogP contribution in [0.2, 0.25) is 5.02 Å². The zero-order valence-corrected chi connectivity index (χ0v) is 13.9. The first kappa shape index (κ1) is 15.5. The Balaban J connectivity index is 1.80. The Hall–Kier alpha value is -1.37. The van der Waals surface area contributed by atoms with Crippen LogP contribution in [0.1, 0.15) is 30.1 Å². The molecule has 7 heteroatoms. The lowest BCUT2D eigenvalue weighted by atomic mass is 10.1. The molecule has 1 aliphatic heterocycles. The van der Waals surface area contributed by atoms with Gasteiger partial charge in [0.2, 0.25) is 10.0 Å². The van der Waals surface area contributed by atoms with Crippen LogP contribution in [0, 0.1) is 6.92 Å². The second-order valence-electron chi connectivity index (χ2n) is 5.44. The molecule has 2 heterocycles. The normalized spacial score (nSPS) is 14.8. The molecule has 0 bridgehead atoms. The third-order valence-electron chi connectivity index (χ3n) is 3.93. The minimum absolute atomic E-state index is 0.171. The van der Waals surface area contributed by atoms with Gasteiger partial charge in [-0.05, 0) is 44.4 Å². The number of fused-ring (bicyclic) bond motifs is 1. The highest BCUT2D eigenvalue weighted by Gasteiger charge is 2.20. The zero-order valence-electron chi connectivity index (χ0n) is 12.3. The van der Waals surface area contributed by atoms with Crippen molar-refractivity contribution in [1.82, 2.24) is 14.3 Å². The number of aromatic nitrogens is 2. The van der Waals surface area contributed by atoms with Crippen molar-refractivity contribution in [2.24, 2.45) is 0 Å². The number of rotatable bonds is 4. The molecular weight excluding hydrogens is 322 g/mol. The summed E-state index contributed by atoms with van der Waals surface area (Å²) >= 11 is 5.86. The maximum absolute atomic E-state index is 12.3. The summed E-state index contributed by atoms with van der Waals surface area (Å²) in [6.07, 6.45) is 3.23. The maximum Gasteiger partial charge on any atom is 0.240 e. The van der Waals surface area contributed by atoms with E-state index in [1.807, 2.05) is 6.92 Å². The third-order valence-corrected chi connectivity index (χ3v) is 5.56. The molecule has 3 rings (SSSR count). The van der Waals surface area contributed by atoms with Crippen LogP contribution in [-0.4, -0.2) is 18.0 Å². The van der Waals surface area contributed by atoms with E-state index in [0.717, 1.165) is 43.0 Å². The molecule has 5 nitrogen and oxygen atoms in total. The first-order valence-electron chi connectivity index (χ1n) is 7.27. The van der Waals surface area contributed by atoms with Crippen LogP contribution in [0.15, 0.2) is 29.2 Å². The van der Waals surface area contributed by atoms with Crippen molar-refractivity contribution in [2.45, 2.75) is 44.2 Å². The Morgan fingerprint density at radius 3 is 2.95 bits per heavy atom. The van der Waals surface area contributed by atoms with Gasteiger partial charge in [-0.2, -0.15) is 0 Å². The van der Waals surface area contributed by atoms with E-state index in [1.165, 1.54) is 12.1 Å². The van der Waals surface area contributed by atoms with Gasteiger partial charge in [0.1, 0.15) is 5.82 Å². The van der Waals surface area contributed by atoms with Crippen LogP contribution in [-0.2, 0) is 29.5 Å². The fourth-order valence-electron chi connectivity index (χ4n) is 2.83. The standard InChI is InChI=1S/C15H18ClN3O2S/c1-11-18-14(15-7-2-3-8-19(11)15)10-17-22(20,21)13-6-4-5-12(16)9-13/h4-6,9,17H,2-3,7-8,10H2,1H3. The van der Waals surface area contributed by atoms with Crippen LogP contribution in [0.3, 0.4) is 0 Å². The second kappa shape index (κ2) is 6.02. The molecule has 22 heavy (non-hydrogen) atoms. The number of nitrogens with zero attached hydrogens (tertiary/aromatic N) is 2. The predicted molar refractivity (Wildman–Crippen MR) is 85.4 cm³/mol. The first-order valence-corrected chi connectivity index (χ1v) is 9.13. The van der Waals surface area contributed by atoms with Crippen molar-refractivity contribution >= 4 is 21.6 Å². The fraction of sp³-hybridized carbons (Fsp3) is 0.400. The molecule has 1 aromatic carbocycles. The Kier molecular flexibility index (Phi) is 4.25. The van der Waals surface area contributed by atoms with E-state index in [1.54, 1.807) is 12.1 Å². The SMILES string of the molecule is Cc1nc(CNS(=O)(=O)c2cccc(Cl)c2)c2n1CCCC2. The van der Waals surface area contributed by atoms with E-state index < -0.39 is 10.0 Å². The van der Waals surface area contributed by atoms with Gasteiger partial charge in [-0.3, -0.25) is 0 Å². The highest BCUT2D eigenvalue weighted by molar-refractivity contribution is 7.89. The Bertz CT molecular complexity index is 799. The second-order valence-corrected chi connectivity index (χ2v) is 7.65. The summed E-state index contributed by atoms with van der Waals surface area (Å²) in [5, 5.41) is 0.401. The summed E-state index contributed by atoms with van der Waals surface area (Å²) in [6, 6.07) is 6.25. The van der Waals surface area contributed by atoms with E-state index in [2.05, 4.69) is 14.3 Å². The molecule has 0 atom stereocenters. The lowest BCUT2D eigenvalue weighted by Crippen LogP contribution is -2.24. The minimum atomic E-state index is -3.58. The van der Waals surface area contributed by atoms with Crippen LogP contribution in [0.5, 0.6) is 0 Å². The third kappa shape index (κ3) is 3.04. The Morgan fingerprint density at radius 1 is 1.36 bits per heavy atom. The predicted octanol–water partition coefficient (Wildman–Crippen LogP) is 2.66. The van der Waals surface area contributed by atoms with E-state index in [-0.39, 0.29) is 11.4 Å². The van der Waals surface area contributed by atoms with Crippen molar-refractivity contribution < 1.29 is 8.42 Å². The summed E-state index contributed by atoms with van der Waals surface area (Å²) in [4.78, 5) is 4.69. The van der Waals surface area contributed by atoms with Gasteiger partial charge >= 0.3 is 0 Å². The number of hydrogen-bond acceptors (Lipinski definition) is 3. The quantitative estimate of drug-likeness (QED) is 0.931. The van der Waals surface area contributed by atoms with E-state index in [0.29, 0.717) is 5.02 Å². The van der Waals surface area contributed by atoms with Gasteiger partial charge in [-0.25, -0.2) is 18.1 Å². The molecule has 0 amide bonds. The molecule has 2 aromatic rings. The molecule has 0 fully saturated rings. The number of benzene rings is 1. The lowest BCUT2D eigenvalue weighted by molar-refractivity contribution is 0.519. The lowest BCUT2D eigenvalue weighted by Gasteiger charge is -2.16. The summed E-state index contributed by atoms with van der Waals surface area (Å²) in [6.45, 7) is 3.14. The van der Waals surface area contributed by atoms with Gasteiger partial charge in [0.15, 0.2) is 0 Å². The fourth-order valence-corrected chi connectivity index (χ4v) is 4.12. The molecule has 0 saturated carbocycles. The monoisotopic (exact) mass is 339 g/mol. The molecule has 118 valence electrons. The van der Waals surface area contributed by atoms with Crippen LogP contribution in [0.25, 0.3) is 0 Å². The van der Waals surface area contributed by atoms with Gasteiger partial charge < -0.3 is 4.57 Å². The topological polar surface area (TPSA) is 64.0 Å². The average molecular weight is 340 g/mol. The zero-order chi connectivity index (χ0) is 15.7. The molecule has 1 N–H and O–H groups in total. The van der Waals surface area contributed by atoms with E-state index in [9.17, 15) is 8.42 Å². The van der Waals surface area contributed by atoms with Crippen molar-refractivity contribution in [3.05, 3.63) is 46.5 Å². The maximum atomic E-state index is 12.3. The first-order chi connectivity index (χ1) is 10.5. The number of halogens is 1. The average Bonchev–Trinajstić information content (AvgIpc) is 2.82. The molecule has 1 aromatic heterocycles. The number of aryl methyl sites for hydroxylation is 1.